The number of hydrogen-bond acceptors (Lipinski definition) is 4. The Bertz CT molecular complexity index is 696. The van der Waals surface area contributed by atoms with E-state index in [-0.39, 0.29) is 5.56 Å². The molecule has 22 heavy (non-hydrogen) atoms. The number of benzene rings is 1. The molecule has 1 unspecified atom stereocenters. The van der Waals surface area contributed by atoms with E-state index in [2.05, 4.69) is 15.9 Å². The summed E-state index contributed by atoms with van der Waals surface area (Å²) < 4.78 is -1.49. The normalized spacial score (nSPS) is 13.4. The van der Waals surface area contributed by atoms with E-state index in [9.17, 15) is 24.9 Å². The largest absolute Gasteiger partial charge is 0.494 e. The lowest BCUT2D eigenvalue weighted by Crippen LogP contribution is -2.52. The van der Waals surface area contributed by atoms with E-state index < -0.39 is 28.2 Å². The Labute approximate surface area is 134 Å². The van der Waals surface area contributed by atoms with Gasteiger partial charge in [-0.2, -0.15) is 0 Å². The molecule has 7 nitrogen and oxygen atoms in total. The van der Waals surface area contributed by atoms with Crippen LogP contribution < -0.4 is 0 Å². The Morgan fingerprint density at radius 2 is 1.59 bits per heavy atom. The molecule has 3 N–H and O–H groups in total. The zero-order chi connectivity index (χ0) is 16.5. The van der Waals surface area contributed by atoms with Gasteiger partial charge in [-0.1, -0.05) is 18.2 Å². The maximum absolute atomic E-state index is 12.5. The fraction of sp³-hybridized carbons (Fsp3) is 0.143. The summed E-state index contributed by atoms with van der Waals surface area (Å²) in [6.45, 7) is 0. The lowest BCUT2D eigenvalue weighted by atomic mass is 10.2. The number of alkyl halides is 1. The molecule has 1 atom stereocenters. The van der Waals surface area contributed by atoms with Crippen LogP contribution in [0.4, 0.5) is 0 Å². The quantitative estimate of drug-likeness (QED) is 0.563. The molecule has 2 aromatic rings. The fourth-order valence-corrected chi connectivity index (χ4v) is 2.54. The average Bonchev–Trinajstić information content (AvgIpc) is 2.85. The third-order valence-electron chi connectivity index (χ3n) is 3.18. The van der Waals surface area contributed by atoms with Gasteiger partial charge in [0.1, 0.15) is 0 Å². The van der Waals surface area contributed by atoms with Crippen molar-refractivity contribution >= 4 is 27.8 Å². The van der Waals surface area contributed by atoms with E-state index in [1.807, 2.05) is 0 Å². The van der Waals surface area contributed by atoms with Gasteiger partial charge in [-0.3, -0.25) is 9.69 Å². The van der Waals surface area contributed by atoms with Crippen LogP contribution in [0, 0.1) is 0 Å². The van der Waals surface area contributed by atoms with Gasteiger partial charge in [0, 0.05) is 24.7 Å². The van der Waals surface area contributed by atoms with E-state index in [0.717, 1.165) is 17.0 Å². The molecule has 2 rings (SSSR count). The zero-order valence-electron chi connectivity index (χ0n) is 11.5. The van der Waals surface area contributed by atoms with Crippen molar-refractivity contribution in [2.24, 2.45) is 0 Å². The molecular formula is C14H13BrN2O5. The fourth-order valence-electron chi connectivity index (χ4n) is 2.02. The Hall–Kier alpha value is -2.48. The third kappa shape index (κ3) is 2.41. The molecular weight excluding hydrogens is 356 g/mol. The average molecular weight is 369 g/mol. The molecule has 8 heteroatoms. The number of amides is 1. The number of rotatable bonds is 4. The molecule has 0 bridgehead atoms. The molecule has 0 aliphatic carbocycles. The molecule has 0 fully saturated rings. The predicted molar refractivity (Wildman–Crippen MR) is 80.8 cm³/mol. The third-order valence-corrected chi connectivity index (χ3v) is 4.40. The second-order valence-electron chi connectivity index (χ2n) is 4.51. The number of carboxylic acids is 1. The monoisotopic (exact) mass is 368 g/mol. The molecule has 0 radical (unpaired) electrons. The van der Waals surface area contributed by atoms with E-state index >= 15 is 0 Å². The number of halogens is 1. The van der Waals surface area contributed by atoms with Crippen molar-refractivity contribution in [3.05, 3.63) is 48.0 Å². The van der Waals surface area contributed by atoms with Crippen LogP contribution in [0.3, 0.4) is 0 Å². The van der Waals surface area contributed by atoms with Gasteiger partial charge in [0.05, 0.1) is 0 Å². The minimum absolute atomic E-state index is 0.265. The van der Waals surface area contributed by atoms with Crippen LogP contribution in [0.2, 0.25) is 0 Å². The van der Waals surface area contributed by atoms with Crippen molar-refractivity contribution in [1.29, 1.82) is 0 Å². The number of aromatic nitrogens is 1. The van der Waals surface area contributed by atoms with Crippen molar-refractivity contribution < 1.29 is 24.9 Å². The number of hydrogen-bond donors (Lipinski definition) is 3. The molecule has 0 aliphatic rings. The summed E-state index contributed by atoms with van der Waals surface area (Å²) in [5.74, 6) is -3.11. The van der Waals surface area contributed by atoms with Crippen molar-refractivity contribution in [2.75, 3.05) is 7.05 Å². The second kappa shape index (κ2) is 5.72. The number of aliphatic carboxylic acids is 1. The van der Waals surface area contributed by atoms with Gasteiger partial charge >= 0.3 is 5.97 Å². The molecule has 0 aliphatic heterocycles. The molecule has 1 heterocycles. The van der Waals surface area contributed by atoms with Crippen LogP contribution in [-0.2, 0) is 9.37 Å². The zero-order valence-corrected chi connectivity index (χ0v) is 13.1. The summed E-state index contributed by atoms with van der Waals surface area (Å²) >= 11 is 2.95. The molecule has 0 saturated heterocycles. The van der Waals surface area contributed by atoms with Crippen LogP contribution in [0.25, 0.3) is 0 Å². The lowest BCUT2D eigenvalue weighted by Gasteiger charge is -2.34. The van der Waals surface area contributed by atoms with Crippen molar-refractivity contribution in [2.45, 2.75) is 4.57 Å². The molecule has 0 saturated carbocycles. The minimum Gasteiger partial charge on any atom is -0.494 e. The summed E-state index contributed by atoms with van der Waals surface area (Å²) in [4.78, 5) is 25.1. The van der Waals surface area contributed by atoms with Crippen LogP contribution in [0.5, 0.6) is 11.8 Å². The van der Waals surface area contributed by atoms with E-state index in [1.54, 1.807) is 18.2 Å². The first-order valence-corrected chi connectivity index (χ1v) is 6.95. The Morgan fingerprint density at radius 3 is 2.05 bits per heavy atom. The summed E-state index contributed by atoms with van der Waals surface area (Å²) in [5, 5.41) is 29.1. The first-order valence-electron chi connectivity index (χ1n) is 6.15. The maximum Gasteiger partial charge on any atom is 0.363 e. The number of aromatic hydroxyl groups is 2. The summed E-state index contributed by atoms with van der Waals surface area (Å²) in [6, 6.07) is 10.3. The van der Waals surface area contributed by atoms with Gasteiger partial charge in [0.25, 0.3) is 10.5 Å². The van der Waals surface area contributed by atoms with E-state index in [1.165, 1.54) is 19.2 Å². The standard InChI is InChI=1S/C14H13BrN2O5/c1-16(12(20)9-5-3-2-4-6-9)14(15,13(21)22)17-10(18)7-8-11(17)19/h2-8,18-19H,1H3,(H,21,22). The Morgan fingerprint density at radius 1 is 1.09 bits per heavy atom. The number of likely N-dealkylation sites (N-methyl/N-ethyl adjacent to an activating group) is 1. The Balaban J connectivity index is 2.53. The first kappa shape index (κ1) is 15.9. The van der Waals surface area contributed by atoms with Gasteiger partial charge in [-0.15, -0.1) is 0 Å². The number of carbonyl (C=O) groups excluding carboxylic acids is 1. The molecule has 1 amide bonds. The van der Waals surface area contributed by atoms with Gasteiger partial charge in [0.2, 0.25) is 0 Å². The van der Waals surface area contributed by atoms with E-state index in [0.29, 0.717) is 4.57 Å². The van der Waals surface area contributed by atoms with E-state index in [4.69, 9.17) is 0 Å². The van der Waals surface area contributed by atoms with Crippen molar-refractivity contribution in [1.82, 2.24) is 9.47 Å². The maximum atomic E-state index is 12.5. The summed E-state index contributed by atoms with van der Waals surface area (Å²) in [6.07, 6.45) is 0. The van der Waals surface area contributed by atoms with Crippen molar-refractivity contribution in [3.8, 4) is 11.8 Å². The van der Waals surface area contributed by atoms with Gasteiger partial charge in [-0.05, 0) is 28.1 Å². The van der Waals surface area contributed by atoms with Gasteiger partial charge in [-0.25, -0.2) is 9.36 Å². The smallest absolute Gasteiger partial charge is 0.363 e. The topological polar surface area (TPSA) is 103 Å². The highest BCUT2D eigenvalue weighted by Gasteiger charge is 2.47. The van der Waals surface area contributed by atoms with Crippen LogP contribution in [0.15, 0.2) is 42.5 Å². The van der Waals surface area contributed by atoms with Crippen LogP contribution >= 0.6 is 15.9 Å². The molecule has 116 valence electrons. The van der Waals surface area contributed by atoms with Gasteiger partial charge < -0.3 is 15.3 Å². The van der Waals surface area contributed by atoms with Crippen LogP contribution in [0.1, 0.15) is 10.4 Å². The van der Waals surface area contributed by atoms with Crippen LogP contribution in [-0.4, -0.2) is 43.7 Å². The summed E-state index contributed by atoms with van der Waals surface area (Å²) in [5.41, 5.74) is 0.265. The first-order chi connectivity index (χ1) is 10.3. The highest BCUT2D eigenvalue weighted by atomic mass is 79.9. The highest BCUT2D eigenvalue weighted by Crippen LogP contribution is 2.38. The molecule has 1 aromatic carbocycles. The summed E-state index contributed by atoms with van der Waals surface area (Å²) in [7, 11) is 1.25. The number of nitrogens with zero attached hydrogens (tertiary/aromatic N) is 2. The second-order valence-corrected chi connectivity index (χ2v) is 5.61. The Kier molecular flexibility index (Phi) is 4.14. The number of carboxylic acid groups (broad SMARTS) is 1. The molecule has 0 spiro atoms. The lowest BCUT2D eigenvalue weighted by molar-refractivity contribution is -0.148. The molecule has 1 aromatic heterocycles. The highest BCUT2D eigenvalue weighted by molar-refractivity contribution is 9.09. The van der Waals surface area contributed by atoms with Crippen molar-refractivity contribution in [3.63, 3.8) is 0 Å². The predicted octanol–water partition coefficient (Wildman–Crippen LogP) is 1.76. The van der Waals surface area contributed by atoms with Gasteiger partial charge in [0.15, 0.2) is 11.8 Å². The minimum atomic E-state index is -2.18. The SMILES string of the molecule is CN(C(=O)c1ccccc1)C(Br)(C(=O)O)n1c(O)ccc1O. The number of carbonyl (C=O) groups is 2.